The van der Waals surface area contributed by atoms with Crippen LogP contribution in [0.25, 0.3) is 10.8 Å². The van der Waals surface area contributed by atoms with Crippen LogP contribution >= 0.6 is 35.2 Å². The minimum atomic E-state index is 0.343. The van der Waals surface area contributed by atoms with E-state index in [0.29, 0.717) is 35.6 Å². The lowest BCUT2D eigenvalue weighted by Gasteiger charge is -2.16. The summed E-state index contributed by atoms with van der Waals surface area (Å²) in [6.45, 7) is 5.68. The zero-order chi connectivity index (χ0) is 18.7. The molecule has 0 aliphatic heterocycles. The van der Waals surface area contributed by atoms with Crippen LogP contribution in [0.15, 0.2) is 28.7 Å². The van der Waals surface area contributed by atoms with Gasteiger partial charge in [0.15, 0.2) is 0 Å². The van der Waals surface area contributed by atoms with Gasteiger partial charge >= 0.3 is 0 Å². The highest BCUT2D eigenvalue weighted by Crippen LogP contribution is 2.28. The number of likely N-dealkylation sites (N-methyl/N-ethyl adjacent to an activating group) is 1. The highest BCUT2D eigenvalue weighted by molar-refractivity contribution is 7.71. The fourth-order valence-corrected chi connectivity index (χ4v) is 3.51. The molecule has 0 aliphatic carbocycles. The van der Waals surface area contributed by atoms with Gasteiger partial charge in [0.25, 0.3) is 10.7 Å². The van der Waals surface area contributed by atoms with E-state index in [-0.39, 0.29) is 0 Å². The van der Waals surface area contributed by atoms with Crippen molar-refractivity contribution in [2.75, 3.05) is 20.2 Å². The predicted molar refractivity (Wildman–Crippen MR) is 105 cm³/mol. The Bertz CT molecular complexity index is 933. The minimum Gasteiger partial charge on any atom is -0.492 e. The molecule has 0 amide bonds. The van der Waals surface area contributed by atoms with Gasteiger partial charge in [-0.1, -0.05) is 11.6 Å². The maximum absolute atomic E-state index is 5.86. The van der Waals surface area contributed by atoms with Crippen molar-refractivity contribution < 1.29 is 9.15 Å². The van der Waals surface area contributed by atoms with E-state index in [1.807, 2.05) is 33.0 Å². The number of ether oxygens (including phenoxy) is 1. The fourth-order valence-electron chi connectivity index (χ4n) is 2.37. The number of rotatable bonds is 7. The van der Waals surface area contributed by atoms with Gasteiger partial charge in [-0.2, -0.15) is 0 Å². The summed E-state index contributed by atoms with van der Waals surface area (Å²) < 4.78 is 13.0. The summed E-state index contributed by atoms with van der Waals surface area (Å²) in [5, 5.41) is 6.16. The average molecular weight is 411 g/mol. The molecule has 0 N–H and O–H groups in total. The molecule has 0 fully saturated rings. The average Bonchev–Trinajstić information content (AvgIpc) is 3.11. The van der Waals surface area contributed by atoms with E-state index < -0.39 is 0 Å². The third-order valence-corrected chi connectivity index (χ3v) is 5.24. The minimum absolute atomic E-state index is 0.343. The molecule has 0 radical (unpaired) electrons. The Morgan fingerprint density at radius 1 is 1.31 bits per heavy atom. The van der Waals surface area contributed by atoms with Gasteiger partial charge in [0.2, 0.25) is 0 Å². The van der Waals surface area contributed by atoms with Crippen LogP contribution in [-0.2, 0) is 6.67 Å². The molecule has 0 spiro atoms. The smallest absolute Gasteiger partial charge is 0.288 e. The zero-order valence-corrected chi connectivity index (χ0v) is 17.1. The molecule has 0 atom stereocenters. The number of aromatic nitrogens is 3. The summed E-state index contributed by atoms with van der Waals surface area (Å²) in [6, 6.07) is 7.31. The van der Waals surface area contributed by atoms with Crippen LogP contribution in [-0.4, -0.2) is 39.9 Å². The number of halogens is 1. The molecule has 6 nitrogen and oxygen atoms in total. The molecule has 0 saturated carbocycles. The van der Waals surface area contributed by atoms with Gasteiger partial charge < -0.3 is 9.15 Å². The molecule has 138 valence electrons. The van der Waals surface area contributed by atoms with Crippen LogP contribution in [0.3, 0.4) is 0 Å². The Kier molecular flexibility index (Phi) is 6.08. The first-order valence-electron chi connectivity index (χ1n) is 8.01. The van der Waals surface area contributed by atoms with Gasteiger partial charge in [0, 0.05) is 11.6 Å². The van der Waals surface area contributed by atoms with E-state index in [1.54, 1.807) is 28.2 Å². The molecule has 0 aliphatic rings. The lowest BCUT2D eigenvalue weighted by molar-refractivity contribution is 0.196. The quantitative estimate of drug-likeness (QED) is 0.532. The highest BCUT2D eigenvalue weighted by atomic mass is 35.5. The molecular formula is C17H19ClN4O2S2. The standard InChI is InChI=1S/C17H19ClN4O2S2/c1-11-15(26-12(2)19-11)16-20-22(17(25)24-16)10-21(3)8-9-23-14-6-4-13(18)5-7-14/h4-7H,8-10H2,1-3H3. The summed E-state index contributed by atoms with van der Waals surface area (Å²) in [7, 11) is 1.98. The molecule has 3 aromatic rings. The van der Waals surface area contributed by atoms with Crippen LogP contribution in [0.5, 0.6) is 5.75 Å². The normalized spacial score (nSPS) is 11.3. The van der Waals surface area contributed by atoms with E-state index in [9.17, 15) is 0 Å². The predicted octanol–water partition coefficient (Wildman–Crippen LogP) is 4.57. The monoisotopic (exact) mass is 410 g/mol. The first-order chi connectivity index (χ1) is 12.4. The SMILES string of the molecule is Cc1nc(C)c(-c2nn(CN(C)CCOc3ccc(Cl)cc3)c(=S)o2)s1. The van der Waals surface area contributed by atoms with Crippen LogP contribution in [0.1, 0.15) is 10.7 Å². The Morgan fingerprint density at radius 2 is 2.04 bits per heavy atom. The Hall–Kier alpha value is -1.74. The van der Waals surface area contributed by atoms with Crippen LogP contribution in [0.4, 0.5) is 0 Å². The van der Waals surface area contributed by atoms with Gasteiger partial charge in [-0.05, 0) is 57.4 Å². The number of thiazole rings is 1. The van der Waals surface area contributed by atoms with Crippen LogP contribution in [0.2, 0.25) is 5.02 Å². The van der Waals surface area contributed by atoms with Crippen molar-refractivity contribution in [1.29, 1.82) is 0 Å². The third-order valence-electron chi connectivity index (χ3n) is 3.63. The van der Waals surface area contributed by atoms with Crippen molar-refractivity contribution >= 4 is 35.2 Å². The molecular weight excluding hydrogens is 392 g/mol. The number of hydrogen-bond acceptors (Lipinski definition) is 7. The van der Waals surface area contributed by atoms with Gasteiger partial charge in [-0.15, -0.1) is 16.4 Å². The summed E-state index contributed by atoms with van der Waals surface area (Å²) >= 11 is 12.7. The van der Waals surface area contributed by atoms with Gasteiger partial charge in [0.05, 0.1) is 17.4 Å². The van der Waals surface area contributed by atoms with E-state index in [0.717, 1.165) is 21.3 Å². The van der Waals surface area contributed by atoms with Gasteiger partial charge in [-0.3, -0.25) is 4.90 Å². The Morgan fingerprint density at radius 3 is 2.69 bits per heavy atom. The van der Waals surface area contributed by atoms with E-state index in [1.165, 1.54) is 0 Å². The summed E-state index contributed by atoms with van der Waals surface area (Å²) in [5.41, 5.74) is 0.903. The van der Waals surface area contributed by atoms with Crippen LogP contribution in [0, 0.1) is 18.7 Å². The van der Waals surface area contributed by atoms with Crippen molar-refractivity contribution in [1.82, 2.24) is 19.7 Å². The molecule has 0 saturated heterocycles. The molecule has 3 rings (SSSR count). The number of hydrogen-bond donors (Lipinski definition) is 0. The molecule has 1 aromatic carbocycles. The Balaban J connectivity index is 1.57. The lowest BCUT2D eigenvalue weighted by atomic mass is 10.3. The molecule has 2 heterocycles. The zero-order valence-electron chi connectivity index (χ0n) is 14.7. The molecule has 26 heavy (non-hydrogen) atoms. The van der Waals surface area contributed by atoms with E-state index in [2.05, 4.69) is 15.0 Å². The fraction of sp³-hybridized carbons (Fsp3) is 0.353. The summed E-state index contributed by atoms with van der Waals surface area (Å²) in [4.78, 5) is 7.72. The van der Waals surface area contributed by atoms with Crippen LogP contribution < -0.4 is 4.74 Å². The first kappa shape index (κ1) is 19.0. The number of benzene rings is 1. The van der Waals surface area contributed by atoms with Crippen molar-refractivity contribution in [3.05, 3.63) is 44.8 Å². The number of nitrogens with zero attached hydrogens (tertiary/aromatic N) is 4. The van der Waals surface area contributed by atoms with Gasteiger partial charge in [-0.25, -0.2) is 9.67 Å². The largest absolute Gasteiger partial charge is 0.492 e. The molecule has 2 aromatic heterocycles. The van der Waals surface area contributed by atoms with Crippen molar-refractivity contribution in [2.24, 2.45) is 0 Å². The highest BCUT2D eigenvalue weighted by Gasteiger charge is 2.15. The first-order valence-corrected chi connectivity index (χ1v) is 9.62. The second-order valence-corrected chi connectivity index (χ2v) is 7.83. The second-order valence-electron chi connectivity index (χ2n) is 5.84. The van der Waals surface area contributed by atoms with E-state index >= 15 is 0 Å². The Labute approximate surface area is 166 Å². The number of aryl methyl sites for hydroxylation is 2. The third kappa shape index (κ3) is 4.70. The molecule has 9 heteroatoms. The summed E-state index contributed by atoms with van der Waals surface area (Å²) in [6.07, 6.45) is 0. The molecule has 0 unspecified atom stereocenters. The maximum atomic E-state index is 5.86. The van der Waals surface area contributed by atoms with Gasteiger partial charge in [0.1, 0.15) is 17.2 Å². The topological polar surface area (TPSA) is 56.3 Å². The van der Waals surface area contributed by atoms with Crippen molar-refractivity contribution in [2.45, 2.75) is 20.5 Å². The van der Waals surface area contributed by atoms with Crippen molar-refractivity contribution in [3.63, 3.8) is 0 Å². The summed E-state index contributed by atoms with van der Waals surface area (Å²) in [5.74, 6) is 1.31. The van der Waals surface area contributed by atoms with E-state index in [4.69, 9.17) is 33.0 Å². The second kappa shape index (κ2) is 8.30. The lowest BCUT2D eigenvalue weighted by Crippen LogP contribution is -2.27. The molecule has 0 bridgehead atoms. The maximum Gasteiger partial charge on any atom is 0.288 e. The van der Waals surface area contributed by atoms with Crippen molar-refractivity contribution in [3.8, 4) is 16.5 Å².